The Kier molecular flexibility index (Phi) is 6.11. The first-order valence-corrected chi connectivity index (χ1v) is 10.6. The zero-order chi connectivity index (χ0) is 23.7. The first-order chi connectivity index (χ1) is 15.8. The van der Waals surface area contributed by atoms with E-state index in [1.165, 1.54) is 16.7 Å². The first kappa shape index (κ1) is 22.4. The lowest BCUT2D eigenvalue weighted by Gasteiger charge is -2.20. The van der Waals surface area contributed by atoms with Gasteiger partial charge >= 0.3 is 5.69 Å². The minimum absolute atomic E-state index is 0.106. The fraction of sp³-hybridized carbons (Fsp3) is 0.167. The van der Waals surface area contributed by atoms with Crippen molar-refractivity contribution in [1.82, 2.24) is 19.4 Å². The number of pyridine rings is 1. The summed E-state index contributed by atoms with van der Waals surface area (Å²) < 4.78 is 15.8. The normalized spacial score (nSPS) is 12.0. The third-order valence-electron chi connectivity index (χ3n) is 5.34. The summed E-state index contributed by atoms with van der Waals surface area (Å²) in [5.74, 6) is -1.10. The number of halogens is 2. The van der Waals surface area contributed by atoms with Gasteiger partial charge in [-0.1, -0.05) is 29.3 Å². The van der Waals surface area contributed by atoms with Crippen molar-refractivity contribution >= 4 is 28.4 Å². The quantitative estimate of drug-likeness (QED) is 0.487. The highest BCUT2D eigenvalue weighted by molar-refractivity contribution is 6.30. The molecule has 33 heavy (non-hydrogen) atoms. The molecule has 0 unspecified atom stereocenters. The molecule has 0 aliphatic carbocycles. The molecule has 2 heterocycles. The van der Waals surface area contributed by atoms with E-state index in [9.17, 15) is 18.8 Å². The summed E-state index contributed by atoms with van der Waals surface area (Å²) in [4.78, 5) is 43.9. The summed E-state index contributed by atoms with van der Waals surface area (Å²) in [6.07, 6.45) is 1.62. The highest BCUT2D eigenvalue weighted by Crippen LogP contribution is 2.20. The number of aromatic nitrogens is 3. The minimum atomic E-state index is -0.950. The first-order valence-electron chi connectivity index (χ1n) is 10.2. The van der Waals surface area contributed by atoms with Crippen LogP contribution in [0.3, 0.4) is 0 Å². The van der Waals surface area contributed by atoms with E-state index in [0.717, 1.165) is 16.2 Å². The van der Waals surface area contributed by atoms with Gasteiger partial charge in [-0.05, 0) is 56.3 Å². The van der Waals surface area contributed by atoms with Gasteiger partial charge in [0.2, 0.25) is 5.91 Å². The number of nitrogens with zero attached hydrogens (tertiary/aromatic N) is 3. The number of rotatable bonds is 5. The number of aryl methyl sites for hydroxylation is 1. The van der Waals surface area contributed by atoms with Crippen LogP contribution in [0.15, 0.2) is 70.4 Å². The van der Waals surface area contributed by atoms with Crippen LogP contribution < -0.4 is 16.6 Å². The lowest BCUT2D eigenvalue weighted by atomic mass is 10.1. The van der Waals surface area contributed by atoms with Gasteiger partial charge in [0, 0.05) is 6.20 Å². The topological polar surface area (TPSA) is 86.0 Å². The molecule has 4 rings (SSSR count). The maximum atomic E-state index is 13.7. The zero-order valence-electron chi connectivity index (χ0n) is 17.9. The number of hydrogen-bond donors (Lipinski definition) is 1. The van der Waals surface area contributed by atoms with Crippen LogP contribution in [0.1, 0.15) is 24.2 Å². The van der Waals surface area contributed by atoms with Crippen molar-refractivity contribution in [1.29, 1.82) is 0 Å². The second-order valence-corrected chi connectivity index (χ2v) is 8.03. The fourth-order valence-electron chi connectivity index (χ4n) is 3.62. The van der Waals surface area contributed by atoms with Crippen LogP contribution in [0.2, 0.25) is 5.02 Å². The monoisotopic (exact) mass is 466 g/mol. The molecule has 2 aromatic heterocycles. The predicted octanol–water partition coefficient (Wildman–Crippen LogP) is 3.53. The molecule has 0 saturated heterocycles. The Morgan fingerprint density at radius 2 is 1.94 bits per heavy atom. The molecule has 9 heteroatoms. The van der Waals surface area contributed by atoms with Crippen LogP contribution >= 0.6 is 11.6 Å². The molecule has 1 atom stereocenters. The smallest absolute Gasteiger partial charge is 0.336 e. The Hall–Kier alpha value is -3.78. The predicted molar refractivity (Wildman–Crippen MR) is 124 cm³/mol. The van der Waals surface area contributed by atoms with E-state index in [-0.39, 0.29) is 22.6 Å². The Balaban J connectivity index is 1.86. The highest BCUT2D eigenvalue weighted by atomic mass is 35.5. The van der Waals surface area contributed by atoms with Crippen LogP contribution in [-0.4, -0.2) is 20.0 Å². The Bertz CT molecular complexity index is 1480. The second-order valence-electron chi connectivity index (χ2n) is 7.63. The van der Waals surface area contributed by atoms with Crippen LogP contribution in [0, 0.1) is 12.7 Å². The van der Waals surface area contributed by atoms with Crippen molar-refractivity contribution in [3.05, 3.63) is 104 Å². The molecule has 168 valence electrons. The number of amides is 1. The van der Waals surface area contributed by atoms with Crippen molar-refractivity contribution < 1.29 is 9.18 Å². The average Bonchev–Trinajstić information content (AvgIpc) is 2.81. The van der Waals surface area contributed by atoms with Crippen LogP contribution in [0.4, 0.5) is 4.39 Å². The maximum absolute atomic E-state index is 13.7. The van der Waals surface area contributed by atoms with Crippen LogP contribution in [0.25, 0.3) is 16.6 Å². The van der Waals surface area contributed by atoms with E-state index < -0.39 is 29.0 Å². The van der Waals surface area contributed by atoms with Crippen molar-refractivity contribution in [3.63, 3.8) is 0 Å². The number of nitrogens with one attached hydrogen (secondary N) is 1. The maximum Gasteiger partial charge on any atom is 0.336 e. The third-order valence-corrected chi connectivity index (χ3v) is 5.63. The van der Waals surface area contributed by atoms with Gasteiger partial charge in [-0.3, -0.25) is 19.1 Å². The zero-order valence-corrected chi connectivity index (χ0v) is 18.6. The second kappa shape index (κ2) is 8.99. The molecule has 0 saturated carbocycles. The van der Waals surface area contributed by atoms with Crippen molar-refractivity contribution in [2.45, 2.75) is 26.4 Å². The average molecular weight is 467 g/mol. The van der Waals surface area contributed by atoms with E-state index in [0.29, 0.717) is 11.2 Å². The number of carbonyl (C=O) groups is 1. The molecule has 2 aromatic carbocycles. The van der Waals surface area contributed by atoms with E-state index in [1.54, 1.807) is 43.5 Å². The van der Waals surface area contributed by atoms with Gasteiger partial charge in [0.05, 0.1) is 33.9 Å². The lowest BCUT2D eigenvalue weighted by molar-refractivity contribution is -0.124. The Labute approximate surface area is 193 Å². The molecule has 0 fully saturated rings. The van der Waals surface area contributed by atoms with Gasteiger partial charge in [-0.15, -0.1) is 0 Å². The van der Waals surface area contributed by atoms with Gasteiger partial charge in [0.15, 0.2) is 0 Å². The molecule has 0 aliphatic rings. The summed E-state index contributed by atoms with van der Waals surface area (Å²) >= 11 is 5.89. The molecule has 7 nitrogen and oxygen atoms in total. The number of carbonyl (C=O) groups excluding carboxylic acids is 1. The summed E-state index contributed by atoms with van der Waals surface area (Å²) in [6.45, 7) is 3.57. The molecule has 0 aliphatic heterocycles. The summed E-state index contributed by atoms with van der Waals surface area (Å²) in [6, 6.07) is 13.0. The molecule has 1 amide bonds. The van der Waals surface area contributed by atoms with E-state index in [2.05, 4.69) is 10.3 Å². The molecule has 0 spiro atoms. The SMILES string of the molecule is Cc1ccc2c(c1)c(=O)n(-c1ccc(F)c(Cl)c1)c(=O)n2[C@@H](C)C(=O)NCc1ccccn1. The lowest BCUT2D eigenvalue weighted by Crippen LogP contribution is -2.43. The number of benzene rings is 2. The van der Waals surface area contributed by atoms with Gasteiger partial charge in [0.25, 0.3) is 5.56 Å². The van der Waals surface area contributed by atoms with Gasteiger partial charge in [-0.2, -0.15) is 0 Å². The molecule has 0 radical (unpaired) electrons. The molecule has 4 aromatic rings. The van der Waals surface area contributed by atoms with Gasteiger partial charge in [-0.25, -0.2) is 13.8 Å². The molecular weight excluding hydrogens is 447 g/mol. The summed E-state index contributed by atoms with van der Waals surface area (Å²) in [7, 11) is 0. The van der Waals surface area contributed by atoms with Crippen molar-refractivity contribution in [2.24, 2.45) is 0 Å². The highest BCUT2D eigenvalue weighted by Gasteiger charge is 2.23. The van der Waals surface area contributed by atoms with Gasteiger partial charge < -0.3 is 5.32 Å². The molecule has 1 N–H and O–H groups in total. The largest absolute Gasteiger partial charge is 0.349 e. The fourth-order valence-corrected chi connectivity index (χ4v) is 3.80. The van der Waals surface area contributed by atoms with E-state index in [1.807, 2.05) is 13.0 Å². The van der Waals surface area contributed by atoms with Crippen molar-refractivity contribution in [2.75, 3.05) is 0 Å². The number of hydrogen-bond acceptors (Lipinski definition) is 4. The van der Waals surface area contributed by atoms with Crippen molar-refractivity contribution in [3.8, 4) is 5.69 Å². The number of fused-ring (bicyclic) bond motifs is 1. The summed E-state index contributed by atoms with van der Waals surface area (Å²) in [5.41, 5.74) is 0.575. The molecule has 0 bridgehead atoms. The molecular formula is C24H20ClFN4O3. The minimum Gasteiger partial charge on any atom is -0.349 e. The van der Waals surface area contributed by atoms with E-state index in [4.69, 9.17) is 11.6 Å². The Morgan fingerprint density at radius 3 is 2.64 bits per heavy atom. The van der Waals surface area contributed by atoms with E-state index >= 15 is 0 Å². The summed E-state index contributed by atoms with van der Waals surface area (Å²) in [5, 5.41) is 2.80. The third kappa shape index (κ3) is 4.29. The standard InChI is InChI=1S/C24H20ClFN4O3/c1-14-6-9-21-18(11-14)23(32)30(17-7-8-20(26)19(25)12-17)24(33)29(21)15(2)22(31)28-13-16-5-3-4-10-27-16/h3-12,15H,13H2,1-2H3,(H,28,31)/t15-/m0/s1. The van der Waals surface area contributed by atoms with Crippen LogP contribution in [0.5, 0.6) is 0 Å². The van der Waals surface area contributed by atoms with Gasteiger partial charge in [0.1, 0.15) is 11.9 Å². The van der Waals surface area contributed by atoms with Crippen LogP contribution in [-0.2, 0) is 11.3 Å². The Morgan fingerprint density at radius 1 is 1.15 bits per heavy atom.